The van der Waals surface area contributed by atoms with Crippen LogP contribution in [0.2, 0.25) is 0 Å². The van der Waals surface area contributed by atoms with Crippen LogP contribution >= 0.6 is 0 Å². The minimum absolute atomic E-state index is 0.199. The van der Waals surface area contributed by atoms with Gasteiger partial charge in [-0.2, -0.15) is 0 Å². The van der Waals surface area contributed by atoms with Crippen LogP contribution in [0.1, 0.15) is 28.4 Å². The average Bonchev–Trinajstić information content (AvgIpc) is 2.54. The van der Waals surface area contributed by atoms with Crippen LogP contribution in [0.4, 0.5) is 0 Å². The van der Waals surface area contributed by atoms with Crippen molar-refractivity contribution in [2.24, 2.45) is 0 Å². The van der Waals surface area contributed by atoms with Crippen LogP contribution in [0.25, 0.3) is 0 Å². The summed E-state index contributed by atoms with van der Waals surface area (Å²) in [6.45, 7) is 3.81. The highest BCUT2D eigenvalue weighted by molar-refractivity contribution is 5.96. The number of carbonyl (C=O) groups is 2. The first-order valence-electron chi connectivity index (χ1n) is 7.14. The van der Waals surface area contributed by atoms with E-state index in [2.05, 4.69) is 5.32 Å². The molecule has 2 rings (SSSR count). The molecule has 1 atom stereocenters. The maximum absolute atomic E-state index is 12.0. The van der Waals surface area contributed by atoms with Crippen molar-refractivity contribution in [1.29, 1.82) is 0 Å². The Morgan fingerprint density at radius 1 is 1.05 bits per heavy atom. The molecule has 2 aromatic carbocycles. The van der Waals surface area contributed by atoms with Crippen LogP contribution in [0.5, 0.6) is 0 Å². The standard InChI is InChI=1S/C18H19NO3/c1-13-8-10-15(11-9-13)12-22-18(21)14(2)19-17(20)16-6-4-3-5-7-16/h3-11,14H,12H2,1-2H3,(H,19,20)/t14-/m0/s1. The lowest BCUT2D eigenvalue weighted by atomic mass is 10.2. The highest BCUT2D eigenvalue weighted by atomic mass is 16.5. The molecular formula is C18H19NO3. The number of carbonyl (C=O) groups excluding carboxylic acids is 2. The van der Waals surface area contributed by atoms with Gasteiger partial charge in [0.05, 0.1) is 0 Å². The molecule has 4 heteroatoms. The van der Waals surface area contributed by atoms with E-state index in [1.165, 1.54) is 0 Å². The lowest BCUT2D eigenvalue weighted by molar-refractivity contribution is -0.146. The minimum atomic E-state index is -0.696. The van der Waals surface area contributed by atoms with Crippen LogP contribution in [-0.2, 0) is 16.1 Å². The predicted molar refractivity (Wildman–Crippen MR) is 84.3 cm³/mol. The molecule has 0 fully saturated rings. The van der Waals surface area contributed by atoms with E-state index in [1.807, 2.05) is 37.3 Å². The summed E-state index contributed by atoms with van der Waals surface area (Å²) in [5.74, 6) is -0.745. The minimum Gasteiger partial charge on any atom is -0.459 e. The molecule has 0 saturated carbocycles. The number of aryl methyl sites for hydroxylation is 1. The summed E-state index contributed by atoms with van der Waals surface area (Å²) in [5.41, 5.74) is 2.58. The molecule has 0 unspecified atom stereocenters. The molecule has 0 heterocycles. The second kappa shape index (κ2) is 7.41. The number of ether oxygens (including phenoxy) is 1. The topological polar surface area (TPSA) is 55.4 Å². The van der Waals surface area contributed by atoms with Crippen LogP contribution in [0, 0.1) is 6.92 Å². The van der Waals surface area contributed by atoms with Gasteiger partial charge in [0, 0.05) is 5.56 Å². The zero-order valence-corrected chi connectivity index (χ0v) is 12.7. The smallest absolute Gasteiger partial charge is 0.328 e. The van der Waals surface area contributed by atoms with Crippen LogP contribution in [-0.4, -0.2) is 17.9 Å². The van der Waals surface area contributed by atoms with Gasteiger partial charge in [0.15, 0.2) is 0 Å². The van der Waals surface area contributed by atoms with E-state index in [-0.39, 0.29) is 12.5 Å². The molecule has 1 N–H and O–H groups in total. The third-order valence-corrected chi connectivity index (χ3v) is 3.24. The van der Waals surface area contributed by atoms with Crippen molar-refractivity contribution in [2.45, 2.75) is 26.5 Å². The van der Waals surface area contributed by atoms with Crippen molar-refractivity contribution in [2.75, 3.05) is 0 Å². The molecule has 4 nitrogen and oxygen atoms in total. The Balaban J connectivity index is 1.84. The van der Waals surface area contributed by atoms with Gasteiger partial charge in [-0.15, -0.1) is 0 Å². The van der Waals surface area contributed by atoms with E-state index < -0.39 is 12.0 Å². The molecule has 0 aliphatic carbocycles. The number of hydrogen-bond acceptors (Lipinski definition) is 3. The fourth-order valence-electron chi connectivity index (χ4n) is 1.89. The van der Waals surface area contributed by atoms with Crippen LogP contribution in [0.15, 0.2) is 54.6 Å². The summed E-state index contributed by atoms with van der Waals surface area (Å²) in [7, 11) is 0. The Hall–Kier alpha value is -2.62. The van der Waals surface area contributed by atoms with E-state index in [9.17, 15) is 9.59 Å². The molecule has 0 saturated heterocycles. The van der Waals surface area contributed by atoms with E-state index in [0.29, 0.717) is 5.56 Å². The van der Waals surface area contributed by atoms with Crippen molar-refractivity contribution in [3.05, 3.63) is 71.3 Å². The first kappa shape index (κ1) is 15.8. The van der Waals surface area contributed by atoms with Gasteiger partial charge in [-0.25, -0.2) is 4.79 Å². The molecule has 22 heavy (non-hydrogen) atoms. The fraction of sp³-hybridized carbons (Fsp3) is 0.222. The van der Waals surface area contributed by atoms with Crippen molar-refractivity contribution in [1.82, 2.24) is 5.32 Å². The van der Waals surface area contributed by atoms with E-state index >= 15 is 0 Å². The predicted octanol–water partition coefficient (Wildman–Crippen LogP) is 2.86. The van der Waals surface area contributed by atoms with Gasteiger partial charge in [-0.05, 0) is 31.5 Å². The maximum atomic E-state index is 12.0. The number of amides is 1. The quantitative estimate of drug-likeness (QED) is 0.863. The van der Waals surface area contributed by atoms with Gasteiger partial charge in [0.1, 0.15) is 12.6 Å². The lowest BCUT2D eigenvalue weighted by Crippen LogP contribution is -2.39. The molecule has 1 amide bonds. The number of rotatable bonds is 5. The van der Waals surface area contributed by atoms with Crippen molar-refractivity contribution in [3.63, 3.8) is 0 Å². The van der Waals surface area contributed by atoms with Crippen molar-refractivity contribution in [3.8, 4) is 0 Å². The van der Waals surface area contributed by atoms with Crippen molar-refractivity contribution < 1.29 is 14.3 Å². The number of benzene rings is 2. The summed E-state index contributed by atoms with van der Waals surface area (Å²) < 4.78 is 5.21. The van der Waals surface area contributed by atoms with Gasteiger partial charge in [-0.1, -0.05) is 48.0 Å². The molecule has 0 aromatic heterocycles. The Morgan fingerprint density at radius 2 is 1.68 bits per heavy atom. The monoisotopic (exact) mass is 297 g/mol. The number of hydrogen-bond donors (Lipinski definition) is 1. The van der Waals surface area contributed by atoms with E-state index in [0.717, 1.165) is 11.1 Å². The first-order valence-corrected chi connectivity index (χ1v) is 7.14. The SMILES string of the molecule is Cc1ccc(COC(=O)[C@H](C)NC(=O)c2ccccc2)cc1. The highest BCUT2D eigenvalue weighted by Gasteiger charge is 2.17. The van der Waals surface area contributed by atoms with E-state index in [4.69, 9.17) is 4.74 Å². The van der Waals surface area contributed by atoms with E-state index in [1.54, 1.807) is 31.2 Å². The summed E-state index contributed by atoms with van der Waals surface area (Å²) in [5, 5.41) is 2.63. The Kier molecular flexibility index (Phi) is 5.31. The zero-order chi connectivity index (χ0) is 15.9. The number of nitrogens with one attached hydrogen (secondary N) is 1. The van der Waals surface area contributed by atoms with Gasteiger partial charge in [0.25, 0.3) is 5.91 Å². The zero-order valence-electron chi connectivity index (χ0n) is 12.7. The molecule has 0 bridgehead atoms. The van der Waals surface area contributed by atoms with Gasteiger partial charge in [-0.3, -0.25) is 4.79 Å². The highest BCUT2D eigenvalue weighted by Crippen LogP contribution is 2.06. The van der Waals surface area contributed by atoms with Crippen LogP contribution in [0.3, 0.4) is 0 Å². The Bertz CT molecular complexity index is 635. The van der Waals surface area contributed by atoms with Gasteiger partial charge >= 0.3 is 5.97 Å². The maximum Gasteiger partial charge on any atom is 0.328 e. The third kappa shape index (κ3) is 4.45. The van der Waals surface area contributed by atoms with Gasteiger partial charge < -0.3 is 10.1 Å². The summed E-state index contributed by atoms with van der Waals surface area (Å²) in [6.07, 6.45) is 0. The normalized spacial score (nSPS) is 11.5. The second-order valence-electron chi connectivity index (χ2n) is 5.15. The largest absolute Gasteiger partial charge is 0.459 e. The number of esters is 1. The second-order valence-corrected chi connectivity index (χ2v) is 5.15. The van der Waals surface area contributed by atoms with Crippen LogP contribution < -0.4 is 5.32 Å². The molecular weight excluding hydrogens is 278 g/mol. The summed E-state index contributed by atoms with van der Waals surface area (Å²) >= 11 is 0. The Labute approximate surface area is 130 Å². The first-order chi connectivity index (χ1) is 10.6. The molecule has 0 aliphatic heterocycles. The summed E-state index contributed by atoms with van der Waals surface area (Å²) in [6, 6.07) is 15.8. The summed E-state index contributed by atoms with van der Waals surface area (Å²) in [4.78, 5) is 23.9. The van der Waals surface area contributed by atoms with Crippen molar-refractivity contribution >= 4 is 11.9 Å². The lowest BCUT2D eigenvalue weighted by Gasteiger charge is -2.13. The fourth-order valence-corrected chi connectivity index (χ4v) is 1.89. The molecule has 114 valence electrons. The molecule has 0 aliphatic rings. The average molecular weight is 297 g/mol. The van der Waals surface area contributed by atoms with Gasteiger partial charge in [0.2, 0.25) is 0 Å². The Morgan fingerprint density at radius 3 is 2.32 bits per heavy atom. The third-order valence-electron chi connectivity index (χ3n) is 3.24. The molecule has 0 radical (unpaired) electrons. The molecule has 2 aromatic rings. The molecule has 0 spiro atoms.